The SMILES string of the molecule is Cc1ccccc1[C@H]1CC(=O)c2cnc(N3c4ccccc4C[C@@H]3C)nc2C1. The molecule has 4 heteroatoms. The fourth-order valence-corrected chi connectivity index (χ4v) is 4.69. The minimum Gasteiger partial charge on any atom is -0.307 e. The summed E-state index contributed by atoms with van der Waals surface area (Å²) in [6.07, 6.45) is 4.04. The van der Waals surface area contributed by atoms with Crippen molar-refractivity contribution in [2.45, 2.75) is 45.1 Å². The number of carbonyl (C=O) groups is 1. The zero-order valence-corrected chi connectivity index (χ0v) is 16.2. The molecule has 0 N–H and O–H groups in total. The molecule has 28 heavy (non-hydrogen) atoms. The average molecular weight is 369 g/mol. The number of carbonyl (C=O) groups excluding carboxylic acids is 1. The summed E-state index contributed by atoms with van der Waals surface area (Å²) in [5, 5.41) is 0. The third-order valence-electron chi connectivity index (χ3n) is 6.08. The molecule has 140 valence electrons. The van der Waals surface area contributed by atoms with Crippen LogP contribution in [0.3, 0.4) is 0 Å². The van der Waals surface area contributed by atoms with E-state index >= 15 is 0 Å². The van der Waals surface area contributed by atoms with E-state index < -0.39 is 0 Å². The number of ketones is 1. The Kier molecular flexibility index (Phi) is 4.00. The highest BCUT2D eigenvalue weighted by Gasteiger charge is 2.32. The van der Waals surface area contributed by atoms with Crippen LogP contribution < -0.4 is 4.90 Å². The number of fused-ring (bicyclic) bond motifs is 2. The first-order valence-electron chi connectivity index (χ1n) is 9.93. The quantitative estimate of drug-likeness (QED) is 0.652. The largest absolute Gasteiger partial charge is 0.307 e. The summed E-state index contributed by atoms with van der Waals surface area (Å²) in [7, 11) is 0. The van der Waals surface area contributed by atoms with E-state index in [2.05, 4.69) is 66.2 Å². The Morgan fingerprint density at radius 3 is 2.64 bits per heavy atom. The summed E-state index contributed by atoms with van der Waals surface area (Å²) < 4.78 is 0. The standard InChI is InChI=1S/C24H23N3O/c1-15-7-3-5-9-19(15)18-12-21-20(23(28)13-18)14-25-24(26-21)27-16(2)11-17-8-4-6-10-22(17)27/h3-10,14,16,18H,11-13H2,1-2H3/t16-,18+/m0/s1. The van der Waals surface area contributed by atoms with Gasteiger partial charge in [0, 0.05) is 24.3 Å². The van der Waals surface area contributed by atoms with Crippen molar-refractivity contribution in [3.63, 3.8) is 0 Å². The van der Waals surface area contributed by atoms with Crippen LogP contribution in [-0.4, -0.2) is 21.8 Å². The molecule has 0 fully saturated rings. The minimum absolute atomic E-state index is 0.149. The molecule has 0 amide bonds. The van der Waals surface area contributed by atoms with Crippen molar-refractivity contribution in [2.24, 2.45) is 0 Å². The van der Waals surface area contributed by atoms with Crippen LogP contribution in [0.4, 0.5) is 11.6 Å². The van der Waals surface area contributed by atoms with Crippen LogP contribution >= 0.6 is 0 Å². The Labute approximate surface area is 165 Å². The summed E-state index contributed by atoms with van der Waals surface area (Å²) in [4.78, 5) is 24.5. The molecule has 2 atom stereocenters. The number of Topliss-reactive ketones (excluding diaryl/α,β-unsaturated/α-hetero) is 1. The maximum absolute atomic E-state index is 12.8. The minimum atomic E-state index is 0.149. The van der Waals surface area contributed by atoms with Crippen molar-refractivity contribution in [2.75, 3.05) is 4.90 Å². The molecule has 1 aliphatic carbocycles. The lowest BCUT2D eigenvalue weighted by Gasteiger charge is -2.27. The van der Waals surface area contributed by atoms with Crippen LogP contribution in [0.15, 0.2) is 54.7 Å². The Morgan fingerprint density at radius 1 is 1.00 bits per heavy atom. The van der Waals surface area contributed by atoms with Gasteiger partial charge in [0.25, 0.3) is 0 Å². The normalized spacial score (nSPS) is 20.8. The molecule has 1 aliphatic heterocycles. The highest BCUT2D eigenvalue weighted by molar-refractivity contribution is 5.98. The van der Waals surface area contributed by atoms with E-state index in [1.165, 1.54) is 22.4 Å². The molecule has 0 saturated carbocycles. The fraction of sp³-hybridized carbons (Fsp3) is 0.292. The number of nitrogens with zero attached hydrogens (tertiary/aromatic N) is 3. The zero-order valence-electron chi connectivity index (χ0n) is 16.2. The molecule has 0 saturated heterocycles. The van der Waals surface area contributed by atoms with Gasteiger partial charge in [0.1, 0.15) is 0 Å². The number of aryl methyl sites for hydroxylation is 1. The van der Waals surface area contributed by atoms with Gasteiger partial charge in [-0.15, -0.1) is 0 Å². The molecule has 2 heterocycles. The van der Waals surface area contributed by atoms with Crippen LogP contribution in [-0.2, 0) is 12.8 Å². The highest BCUT2D eigenvalue weighted by Crippen LogP contribution is 2.38. The number of aromatic nitrogens is 2. The predicted octanol–water partition coefficient (Wildman–Crippen LogP) is 4.78. The second-order valence-electron chi connectivity index (χ2n) is 7.97. The first kappa shape index (κ1) is 17.1. The van der Waals surface area contributed by atoms with Crippen molar-refractivity contribution in [3.8, 4) is 0 Å². The third-order valence-corrected chi connectivity index (χ3v) is 6.08. The van der Waals surface area contributed by atoms with Gasteiger partial charge in [0.05, 0.1) is 11.3 Å². The number of para-hydroxylation sites is 1. The molecule has 0 spiro atoms. The Hall–Kier alpha value is -3.01. The van der Waals surface area contributed by atoms with Gasteiger partial charge < -0.3 is 4.90 Å². The van der Waals surface area contributed by atoms with Gasteiger partial charge in [0.15, 0.2) is 5.78 Å². The molecular weight excluding hydrogens is 346 g/mol. The molecule has 2 aliphatic rings. The summed E-state index contributed by atoms with van der Waals surface area (Å²) >= 11 is 0. The van der Waals surface area contributed by atoms with Gasteiger partial charge in [-0.25, -0.2) is 9.97 Å². The Bertz CT molecular complexity index is 1070. The molecule has 5 rings (SSSR count). The molecule has 4 nitrogen and oxygen atoms in total. The first-order chi connectivity index (χ1) is 13.6. The number of hydrogen-bond donors (Lipinski definition) is 0. The van der Waals surface area contributed by atoms with Crippen molar-refractivity contribution in [1.82, 2.24) is 9.97 Å². The maximum atomic E-state index is 12.8. The molecule has 2 aromatic carbocycles. The van der Waals surface area contributed by atoms with Gasteiger partial charge in [-0.05, 0) is 55.4 Å². The van der Waals surface area contributed by atoms with Gasteiger partial charge in [-0.1, -0.05) is 42.5 Å². The third kappa shape index (κ3) is 2.71. The summed E-state index contributed by atoms with van der Waals surface area (Å²) in [5.74, 6) is 1.04. The lowest BCUT2D eigenvalue weighted by atomic mass is 9.81. The number of benzene rings is 2. The van der Waals surface area contributed by atoms with Crippen molar-refractivity contribution >= 4 is 17.4 Å². The van der Waals surface area contributed by atoms with Crippen LogP contribution in [0.1, 0.15) is 52.0 Å². The van der Waals surface area contributed by atoms with E-state index in [0.717, 1.165) is 18.5 Å². The molecule has 0 unspecified atom stereocenters. The summed E-state index contributed by atoms with van der Waals surface area (Å²) in [5.41, 5.74) is 6.55. The van der Waals surface area contributed by atoms with Crippen molar-refractivity contribution < 1.29 is 4.79 Å². The van der Waals surface area contributed by atoms with E-state index in [-0.39, 0.29) is 11.7 Å². The zero-order chi connectivity index (χ0) is 19.3. The summed E-state index contributed by atoms with van der Waals surface area (Å²) in [6.45, 7) is 4.31. The molecule has 1 aromatic heterocycles. The maximum Gasteiger partial charge on any atom is 0.230 e. The van der Waals surface area contributed by atoms with Gasteiger partial charge in [-0.3, -0.25) is 4.79 Å². The number of anilines is 2. The second kappa shape index (κ2) is 6.55. The van der Waals surface area contributed by atoms with Gasteiger partial charge in [-0.2, -0.15) is 0 Å². The lowest BCUT2D eigenvalue weighted by molar-refractivity contribution is 0.0962. The number of hydrogen-bond acceptors (Lipinski definition) is 4. The smallest absolute Gasteiger partial charge is 0.230 e. The van der Waals surface area contributed by atoms with E-state index in [0.29, 0.717) is 24.0 Å². The molecule has 3 aromatic rings. The van der Waals surface area contributed by atoms with Gasteiger partial charge in [0.2, 0.25) is 5.95 Å². The monoisotopic (exact) mass is 369 g/mol. The average Bonchev–Trinajstić information content (AvgIpc) is 3.03. The molecule has 0 radical (unpaired) electrons. The van der Waals surface area contributed by atoms with E-state index in [4.69, 9.17) is 4.98 Å². The Balaban J connectivity index is 1.53. The van der Waals surface area contributed by atoms with Crippen LogP contribution in [0.2, 0.25) is 0 Å². The van der Waals surface area contributed by atoms with E-state index in [1.54, 1.807) is 6.20 Å². The first-order valence-corrected chi connectivity index (χ1v) is 9.93. The van der Waals surface area contributed by atoms with E-state index in [1.807, 2.05) is 6.07 Å². The predicted molar refractivity (Wildman–Crippen MR) is 110 cm³/mol. The molecule has 0 bridgehead atoms. The van der Waals surface area contributed by atoms with Crippen molar-refractivity contribution in [3.05, 3.63) is 82.7 Å². The molecular formula is C24H23N3O. The highest BCUT2D eigenvalue weighted by atomic mass is 16.1. The van der Waals surface area contributed by atoms with Crippen LogP contribution in [0, 0.1) is 6.92 Å². The van der Waals surface area contributed by atoms with Crippen molar-refractivity contribution in [1.29, 1.82) is 0 Å². The van der Waals surface area contributed by atoms with Gasteiger partial charge >= 0.3 is 0 Å². The summed E-state index contributed by atoms with van der Waals surface area (Å²) in [6, 6.07) is 17.1. The topological polar surface area (TPSA) is 46.1 Å². The second-order valence-corrected chi connectivity index (χ2v) is 7.97. The number of rotatable bonds is 2. The van der Waals surface area contributed by atoms with E-state index in [9.17, 15) is 4.79 Å². The van der Waals surface area contributed by atoms with Crippen LogP contribution in [0.5, 0.6) is 0 Å². The Morgan fingerprint density at radius 2 is 1.79 bits per heavy atom. The van der Waals surface area contributed by atoms with Crippen LogP contribution in [0.25, 0.3) is 0 Å². The lowest BCUT2D eigenvalue weighted by Crippen LogP contribution is -2.28. The fourth-order valence-electron chi connectivity index (χ4n) is 4.69.